The molecule has 3 heterocycles. The quantitative estimate of drug-likeness (QED) is 0.815. The van der Waals surface area contributed by atoms with E-state index in [0.29, 0.717) is 19.6 Å². The van der Waals surface area contributed by atoms with Gasteiger partial charge in [-0.15, -0.1) is 0 Å². The lowest BCUT2D eigenvalue weighted by Gasteiger charge is -2.32. The average Bonchev–Trinajstić information content (AvgIpc) is 3.33. The zero-order valence-electron chi connectivity index (χ0n) is 15.8. The molecule has 142 valence electrons. The summed E-state index contributed by atoms with van der Waals surface area (Å²) in [5.41, 5.74) is 0.842. The predicted octanol–water partition coefficient (Wildman–Crippen LogP) is 3.16. The molecule has 3 aliphatic heterocycles. The van der Waals surface area contributed by atoms with E-state index in [9.17, 15) is 4.79 Å². The van der Waals surface area contributed by atoms with Crippen molar-refractivity contribution >= 4 is 16.7 Å². The zero-order valence-corrected chi connectivity index (χ0v) is 15.8. The molecule has 2 aromatic rings. The number of nitrogens with zero attached hydrogens (tertiary/aromatic N) is 2. The summed E-state index contributed by atoms with van der Waals surface area (Å²) in [6.07, 6.45) is 2.45. The SMILES string of the molecule is CCCOc1ccc2ccccc2c1CN1CC[C@@]23OCCN2C(=O)C[C@@H]13. The number of hydrogen-bond acceptors (Lipinski definition) is 4. The molecular formula is C22H26N2O3. The molecule has 27 heavy (non-hydrogen) atoms. The summed E-state index contributed by atoms with van der Waals surface area (Å²) in [5, 5.41) is 2.46. The molecule has 3 fully saturated rings. The Morgan fingerprint density at radius 3 is 3.00 bits per heavy atom. The van der Waals surface area contributed by atoms with Gasteiger partial charge in [-0.2, -0.15) is 0 Å². The Labute approximate surface area is 159 Å². The molecule has 5 nitrogen and oxygen atoms in total. The minimum Gasteiger partial charge on any atom is -0.493 e. The first kappa shape index (κ1) is 17.0. The van der Waals surface area contributed by atoms with Gasteiger partial charge in [-0.1, -0.05) is 37.3 Å². The number of likely N-dealkylation sites (tertiary alicyclic amines) is 1. The summed E-state index contributed by atoms with van der Waals surface area (Å²) in [6.45, 7) is 5.98. The van der Waals surface area contributed by atoms with Crippen molar-refractivity contribution in [2.75, 3.05) is 26.3 Å². The molecular weight excluding hydrogens is 340 g/mol. The average molecular weight is 366 g/mol. The van der Waals surface area contributed by atoms with E-state index in [-0.39, 0.29) is 17.7 Å². The van der Waals surface area contributed by atoms with Crippen LogP contribution < -0.4 is 4.74 Å². The van der Waals surface area contributed by atoms with Crippen LogP contribution in [-0.2, 0) is 16.1 Å². The molecule has 3 saturated heterocycles. The van der Waals surface area contributed by atoms with Gasteiger partial charge in [-0.05, 0) is 23.3 Å². The van der Waals surface area contributed by atoms with Crippen LogP contribution in [0.4, 0.5) is 0 Å². The van der Waals surface area contributed by atoms with Gasteiger partial charge in [-0.25, -0.2) is 0 Å². The zero-order chi connectivity index (χ0) is 18.4. The van der Waals surface area contributed by atoms with Crippen molar-refractivity contribution in [2.45, 2.75) is 44.5 Å². The minimum atomic E-state index is -0.383. The van der Waals surface area contributed by atoms with Crippen molar-refractivity contribution in [1.82, 2.24) is 9.80 Å². The summed E-state index contributed by atoms with van der Waals surface area (Å²) >= 11 is 0. The highest BCUT2D eigenvalue weighted by Crippen LogP contribution is 2.46. The predicted molar refractivity (Wildman–Crippen MR) is 104 cm³/mol. The van der Waals surface area contributed by atoms with Gasteiger partial charge in [0.05, 0.1) is 19.3 Å². The van der Waals surface area contributed by atoms with Gasteiger partial charge in [0.2, 0.25) is 5.91 Å². The second-order valence-corrected chi connectivity index (χ2v) is 7.79. The van der Waals surface area contributed by atoms with Gasteiger partial charge in [0, 0.05) is 38.0 Å². The van der Waals surface area contributed by atoms with Gasteiger partial charge in [0.1, 0.15) is 5.75 Å². The lowest BCUT2D eigenvalue weighted by atomic mass is 10.0. The Bertz CT molecular complexity index is 883. The molecule has 0 aliphatic carbocycles. The maximum atomic E-state index is 12.5. The first-order valence-electron chi connectivity index (χ1n) is 10.0. The van der Waals surface area contributed by atoms with E-state index < -0.39 is 0 Å². The normalized spacial score (nSPS) is 27.4. The van der Waals surface area contributed by atoms with Crippen LogP contribution in [0, 0.1) is 0 Å². The third-order valence-electron chi connectivity index (χ3n) is 6.33. The molecule has 5 heteroatoms. The number of amides is 1. The smallest absolute Gasteiger partial charge is 0.226 e. The maximum absolute atomic E-state index is 12.5. The van der Waals surface area contributed by atoms with Crippen molar-refractivity contribution < 1.29 is 14.3 Å². The first-order chi connectivity index (χ1) is 13.2. The van der Waals surface area contributed by atoms with Crippen LogP contribution in [0.25, 0.3) is 10.8 Å². The number of hydrogen-bond donors (Lipinski definition) is 0. The summed E-state index contributed by atoms with van der Waals surface area (Å²) in [7, 11) is 0. The van der Waals surface area contributed by atoms with Crippen molar-refractivity contribution in [3.63, 3.8) is 0 Å². The molecule has 3 aliphatic rings. The fourth-order valence-corrected chi connectivity index (χ4v) is 5.09. The molecule has 0 N–H and O–H groups in total. The Balaban J connectivity index is 1.50. The molecule has 2 aromatic carbocycles. The summed E-state index contributed by atoms with van der Waals surface area (Å²) in [5.74, 6) is 1.20. The van der Waals surface area contributed by atoms with Crippen LogP contribution in [0.3, 0.4) is 0 Å². The van der Waals surface area contributed by atoms with E-state index in [0.717, 1.165) is 38.2 Å². The first-order valence-corrected chi connectivity index (χ1v) is 10.0. The third-order valence-corrected chi connectivity index (χ3v) is 6.33. The lowest BCUT2D eigenvalue weighted by Crippen LogP contribution is -2.47. The van der Waals surface area contributed by atoms with Gasteiger partial charge in [0.25, 0.3) is 0 Å². The summed E-state index contributed by atoms with van der Waals surface area (Å²) < 4.78 is 12.2. The van der Waals surface area contributed by atoms with E-state index in [1.165, 1.54) is 16.3 Å². The Morgan fingerprint density at radius 2 is 2.11 bits per heavy atom. The molecule has 0 unspecified atom stereocenters. The summed E-state index contributed by atoms with van der Waals surface area (Å²) in [6, 6.07) is 12.9. The second kappa shape index (κ2) is 6.50. The van der Waals surface area contributed by atoms with E-state index in [2.05, 4.69) is 48.2 Å². The maximum Gasteiger partial charge on any atom is 0.226 e. The van der Waals surface area contributed by atoms with Crippen LogP contribution in [-0.4, -0.2) is 53.8 Å². The highest BCUT2D eigenvalue weighted by Gasteiger charge is 2.61. The summed E-state index contributed by atoms with van der Waals surface area (Å²) in [4.78, 5) is 16.9. The molecule has 0 bridgehead atoms. The van der Waals surface area contributed by atoms with Crippen LogP contribution >= 0.6 is 0 Å². The van der Waals surface area contributed by atoms with Gasteiger partial charge < -0.3 is 14.4 Å². The van der Waals surface area contributed by atoms with E-state index in [1.54, 1.807) is 0 Å². The molecule has 1 spiro atoms. The third kappa shape index (κ3) is 2.56. The number of benzene rings is 2. The second-order valence-electron chi connectivity index (χ2n) is 7.79. The van der Waals surface area contributed by atoms with Crippen LogP contribution in [0.15, 0.2) is 36.4 Å². The number of carbonyl (C=O) groups is 1. The Morgan fingerprint density at radius 1 is 1.22 bits per heavy atom. The van der Waals surface area contributed by atoms with Crippen molar-refractivity contribution in [2.24, 2.45) is 0 Å². The van der Waals surface area contributed by atoms with Crippen molar-refractivity contribution in [3.8, 4) is 5.75 Å². The highest BCUT2D eigenvalue weighted by molar-refractivity contribution is 5.88. The topological polar surface area (TPSA) is 42.0 Å². The van der Waals surface area contributed by atoms with Crippen LogP contribution in [0.2, 0.25) is 0 Å². The van der Waals surface area contributed by atoms with E-state index >= 15 is 0 Å². The van der Waals surface area contributed by atoms with Gasteiger partial charge in [-0.3, -0.25) is 9.69 Å². The fourth-order valence-electron chi connectivity index (χ4n) is 5.09. The Hall–Kier alpha value is -2.11. The van der Waals surface area contributed by atoms with Crippen LogP contribution in [0.1, 0.15) is 31.7 Å². The van der Waals surface area contributed by atoms with Crippen LogP contribution in [0.5, 0.6) is 5.75 Å². The number of carbonyl (C=O) groups excluding carboxylic acids is 1. The molecule has 5 rings (SSSR count). The lowest BCUT2D eigenvalue weighted by molar-refractivity contribution is -0.136. The largest absolute Gasteiger partial charge is 0.493 e. The minimum absolute atomic E-state index is 0.144. The molecule has 0 saturated carbocycles. The molecule has 0 aromatic heterocycles. The van der Waals surface area contributed by atoms with Crippen molar-refractivity contribution in [3.05, 3.63) is 42.0 Å². The van der Waals surface area contributed by atoms with Crippen molar-refractivity contribution in [1.29, 1.82) is 0 Å². The molecule has 1 amide bonds. The highest BCUT2D eigenvalue weighted by atomic mass is 16.5. The van der Waals surface area contributed by atoms with E-state index in [1.807, 2.05) is 4.90 Å². The number of ether oxygens (including phenoxy) is 2. The fraction of sp³-hybridized carbons (Fsp3) is 0.500. The number of rotatable bonds is 5. The van der Waals surface area contributed by atoms with Gasteiger partial charge >= 0.3 is 0 Å². The molecule has 2 atom stereocenters. The monoisotopic (exact) mass is 366 g/mol. The van der Waals surface area contributed by atoms with Gasteiger partial charge in [0.15, 0.2) is 5.72 Å². The molecule has 0 radical (unpaired) electrons. The Kier molecular flexibility index (Phi) is 4.10. The number of fused-ring (bicyclic) bond motifs is 1. The van der Waals surface area contributed by atoms with E-state index in [4.69, 9.17) is 9.47 Å². The standard InChI is InChI=1S/C22H26N2O3/c1-2-12-26-19-8-7-16-5-3-4-6-17(16)18(19)15-23-10-9-22-20(23)14-21(25)24(22)11-13-27-22/h3-8,20H,2,9-15H2,1H3/t20-,22+/m1/s1.